The number of fused-ring (bicyclic) bond motifs is 1. The van der Waals surface area contributed by atoms with E-state index < -0.39 is 0 Å². The number of rotatable bonds is 3. The second-order valence-corrected chi connectivity index (χ2v) is 7.73. The summed E-state index contributed by atoms with van der Waals surface area (Å²) in [4.78, 5) is 31.1. The molecule has 6 heteroatoms. The Kier molecular flexibility index (Phi) is 4.75. The summed E-state index contributed by atoms with van der Waals surface area (Å²) in [5, 5.41) is 0. The molecule has 0 N–H and O–H groups in total. The van der Waals surface area contributed by atoms with Crippen LogP contribution in [0.1, 0.15) is 32.0 Å². The van der Waals surface area contributed by atoms with E-state index in [1.54, 1.807) is 17.0 Å². The summed E-state index contributed by atoms with van der Waals surface area (Å²) in [5.41, 5.74) is 4.53. The number of piperazine rings is 1. The van der Waals surface area contributed by atoms with Crippen molar-refractivity contribution in [2.24, 2.45) is 0 Å². The monoisotopic (exact) mass is 401 g/mol. The lowest BCUT2D eigenvalue weighted by molar-refractivity contribution is 0.0518. The molecule has 0 spiro atoms. The Balaban J connectivity index is 1.20. The van der Waals surface area contributed by atoms with Crippen LogP contribution in [-0.2, 0) is 13.1 Å². The highest BCUT2D eigenvalue weighted by Gasteiger charge is 2.27. The molecule has 0 atom stereocenters. The van der Waals surface area contributed by atoms with E-state index in [1.807, 2.05) is 29.2 Å². The van der Waals surface area contributed by atoms with Gasteiger partial charge in [0.1, 0.15) is 0 Å². The summed E-state index contributed by atoms with van der Waals surface area (Å²) in [5.74, 6) is 0.230. The van der Waals surface area contributed by atoms with Gasteiger partial charge in [-0.25, -0.2) is 0 Å². The smallest absolute Gasteiger partial charge is 0.289 e. The molecule has 2 aliphatic rings. The van der Waals surface area contributed by atoms with Gasteiger partial charge in [0.05, 0.1) is 6.26 Å². The van der Waals surface area contributed by atoms with E-state index in [0.717, 1.165) is 18.8 Å². The third-order valence-electron chi connectivity index (χ3n) is 5.91. The molecule has 0 unspecified atom stereocenters. The van der Waals surface area contributed by atoms with Crippen molar-refractivity contribution in [3.05, 3.63) is 89.4 Å². The first-order valence-electron chi connectivity index (χ1n) is 10.2. The molecule has 1 fully saturated rings. The first kappa shape index (κ1) is 18.5. The molecule has 30 heavy (non-hydrogen) atoms. The van der Waals surface area contributed by atoms with Crippen molar-refractivity contribution in [1.82, 2.24) is 9.80 Å². The van der Waals surface area contributed by atoms with Crippen LogP contribution < -0.4 is 4.90 Å². The predicted octanol–water partition coefficient (Wildman–Crippen LogP) is 3.40. The molecule has 1 saturated heterocycles. The number of carbonyl (C=O) groups is 2. The number of furan rings is 1. The van der Waals surface area contributed by atoms with Gasteiger partial charge in [-0.05, 0) is 47.5 Å². The number of anilines is 1. The molecule has 0 radical (unpaired) electrons. The molecular weight excluding hydrogens is 378 g/mol. The molecule has 2 aromatic carbocycles. The fourth-order valence-corrected chi connectivity index (χ4v) is 4.18. The zero-order valence-electron chi connectivity index (χ0n) is 16.7. The summed E-state index contributed by atoms with van der Waals surface area (Å²) in [6.07, 6.45) is 1.50. The summed E-state index contributed by atoms with van der Waals surface area (Å²) in [6, 6.07) is 19.7. The van der Waals surface area contributed by atoms with E-state index >= 15 is 0 Å². The van der Waals surface area contributed by atoms with E-state index in [-0.39, 0.29) is 11.8 Å². The van der Waals surface area contributed by atoms with Crippen LogP contribution >= 0.6 is 0 Å². The molecule has 0 saturated carbocycles. The van der Waals surface area contributed by atoms with Crippen LogP contribution in [0.5, 0.6) is 0 Å². The van der Waals surface area contributed by atoms with Gasteiger partial charge in [0.25, 0.3) is 11.8 Å². The average Bonchev–Trinajstić information content (AvgIpc) is 3.48. The van der Waals surface area contributed by atoms with Crippen LogP contribution in [0.4, 0.5) is 5.69 Å². The Morgan fingerprint density at radius 3 is 1.87 bits per heavy atom. The second-order valence-electron chi connectivity index (χ2n) is 7.73. The molecule has 2 amide bonds. The van der Waals surface area contributed by atoms with Crippen molar-refractivity contribution in [2.45, 2.75) is 13.1 Å². The van der Waals surface area contributed by atoms with Gasteiger partial charge < -0.3 is 19.1 Å². The standard InChI is InChI=1S/C24H23N3O3/c28-23(25-11-13-26(14-12-25)24(29)22-6-3-15-30-22)18-7-9-21(10-8-18)27-16-19-4-1-2-5-20(19)17-27/h1-10,15H,11-14,16-17H2. The minimum atomic E-state index is -0.122. The number of carbonyl (C=O) groups excluding carboxylic acids is 2. The van der Waals surface area contributed by atoms with Crippen molar-refractivity contribution >= 4 is 17.5 Å². The largest absolute Gasteiger partial charge is 0.459 e. The van der Waals surface area contributed by atoms with Gasteiger partial charge >= 0.3 is 0 Å². The second kappa shape index (κ2) is 7.71. The topological polar surface area (TPSA) is 57.0 Å². The minimum absolute atomic E-state index is 0.0105. The normalized spacial score (nSPS) is 15.9. The van der Waals surface area contributed by atoms with E-state index in [4.69, 9.17) is 4.42 Å². The lowest BCUT2D eigenvalue weighted by atomic mass is 10.1. The summed E-state index contributed by atoms with van der Waals surface area (Å²) < 4.78 is 5.19. The Morgan fingerprint density at radius 1 is 0.700 bits per heavy atom. The predicted molar refractivity (Wildman–Crippen MR) is 113 cm³/mol. The zero-order chi connectivity index (χ0) is 20.5. The third-order valence-corrected chi connectivity index (χ3v) is 5.91. The van der Waals surface area contributed by atoms with Crippen LogP contribution in [0, 0.1) is 0 Å². The van der Waals surface area contributed by atoms with Gasteiger partial charge in [-0.15, -0.1) is 0 Å². The molecule has 0 bridgehead atoms. The molecule has 152 valence electrons. The van der Waals surface area contributed by atoms with Crippen molar-refractivity contribution in [3.8, 4) is 0 Å². The average molecular weight is 401 g/mol. The summed E-state index contributed by atoms with van der Waals surface area (Å²) >= 11 is 0. The van der Waals surface area contributed by atoms with Crippen LogP contribution in [0.15, 0.2) is 71.3 Å². The molecule has 3 heterocycles. The summed E-state index contributed by atoms with van der Waals surface area (Å²) in [7, 11) is 0. The summed E-state index contributed by atoms with van der Waals surface area (Å²) in [6.45, 7) is 3.86. The van der Waals surface area contributed by atoms with Gasteiger partial charge in [-0.1, -0.05) is 24.3 Å². The van der Waals surface area contributed by atoms with Crippen molar-refractivity contribution in [1.29, 1.82) is 0 Å². The van der Waals surface area contributed by atoms with Crippen molar-refractivity contribution in [3.63, 3.8) is 0 Å². The van der Waals surface area contributed by atoms with Crippen LogP contribution in [-0.4, -0.2) is 47.8 Å². The SMILES string of the molecule is O=C(c1ccc(N2Cc3ccccc3C2)cc1)N1CCN(C(=O)c2ccco2)CC1. The Bertz CT molecular complexity index is 1030. The van der Waals surface area contributed by atoms with E-state index in [1.165, 1.54) is 17.4 Å². The molecule has 1 aromatic heterocycles. The Hall–Kier alpha value is -3.54. The van der Waals surface area contributed by atoms with E-state index in [0.29, 0.717) is 37.5 Å². The molecular formula is C24H23N3O3. The fourth-order valence-electron chi connectivity index (χ4n) is 4.18. The Morgan fingerprint density at radius 2 is 1.30 bits per heavy atom. The van der Waals surface area contributed by atoms with Crippen molar-refractivity contribution < 1.29 is 14.0 Å². The van der Waals surface area contributed by atoms with E-state index in [9.17, 15) is 9.59 Å². The number of amides is 2. The minimum Gasteiger partial charge on any atom is -0.459 e. The molecule has 0 aliphatic carbocycles. The highest BCUT2D eigenvalue weighted by molar-refractivity contribution is 5.95. The number of benzene rings is 2. The Labute approximate surface area is 175 Å². The zero-order valence-corrected chi connectivity index (χ0v) is 16.7. The van der Waals surface area contributed by atoms with Crippen LogP contribution in [0.2, 0.25) is 0 Å². The molecule has 6 nitrogen and oxygen atoms in total. The van der Waals surface area contributed by atoms with Gasteiger partial charge in [0.2, 0.25) is 0 Å². The highest BCUT2D eigenvalue weighted by atomic mass is 16.3. The van der Waals surface area contributed by atoms with Gasteiger partial charge in [0.15, 0.2) is 5.76 Å². The number of hydrogen-bond acceptors (Lipinski definition) is 4. The first-order chi connectivity index (χ1) is 14.7. The lowest BCUT2D eigenvalue weighted by Gasteiger charge is -2.34. The van der Waals surface area contributed by atoms with Gasteiger partial charge in [0, 0.05) is 50.5 Å². The number of nitrogens with zero attached hydrogens (tertiary/aromatic N) is 3. The molecule has 5 rings (SSSR count). The quantitative estimate of drug-likeness (QED) is 0.675. The van der Waals surface area contributed by atoms with Crippen LogP contribution in [0.25, 0.3) is 0 Å². The molecule has 3 aromatic rings. The van der Waals surface area contributed by atoms with E-state index in [2.05, 4.69) is 29.2 Å². The maximum atomic E-state index is 12.9. The van der Waals surface area contributed by atoms with Crippen LogP contribution in [0.3, 0.4) is 0 Å². The lowest BCUT2D eigenvalue weighted by Crippen LogP contribution is -2.50. The highest BCUT2D eigenvalue weighted by Crippen LogP contribution is 2.28. The van der Waals surface area contributed by atoms with Gasteiger partial charge in [-0.2, -0.15) is 0 Å². The maximum Gasteiger partial charge on any atom is 0.289 e. The fraction of sp³-hybridized carbons (Fsp3) is 0.250. The molecule has 2 aliphatic heterocycles. The third kappa shape index (κ3) is 3.45. The maximum absolute atomic E-state index is 12.9. The van der Waals surface area contributed by atoms with Crippen molar-refractivity contribution in [2.75, 3.05) is 31.1 Å². The van der Waals surface area contributed by atoms with Gasteiger partial charge in [-0.3, -0.25) is 9.59 Å². The number of hydrogen-bond donors (Lipinski definition) is 0. The first-order valence-corrected chi connectivity index (χ1v) is 10.2.